The average molecular weight is 269 g/mol. The maximum atomic E-state index is 4.98. The lowest BCUT2D eigenvalue weighted by Crippen LogP contribution is -2.22. The van der Waals surface area contributed by atoms with Crippen LogP contribution in [0, 0.1) is 0 Å². The third-order valence-electron chi connectivity index (χ3n) is 2.64. The van der Waals surface area contributed by atoms with Gasteiger partial charge in [-0.05, 0) is 17.9 Å². The Hall–Kier alpha value is -0.780. The van der Waals surface area contributed by atoms with Gasteiger partial charge in [0.2, 0.25) is 0 Å². The molecule has 0 fully saturated rings. The molecule has 18 heavy (non-hydrogen) atoms. The lowest BCUT2D eigenvalue weighted by atomic mass is 10.3. The summed E-state index contributed by atoms with van der Waals surface area (Å²) in [6.45, 7) is 3.47. The maximum Gasteiger partial charge on any atom is 0.128 e. The first-order valence-corrected chi connectivity index (χ1v) is 7.52. The van der Waals surface area contributed by atoms with E-state index in [9.17, 15) is 0 Å². The molecule has 102 valence electrons. The number of hydrogen-bond donors (Lipinski definition) is 1. The summed E-state index contributed by atoms with van der Waals surface area (Å²) in [4.78, 5) is 6.66. The number of thioether (sulfide) groups is 1. The van der Waals surface area contributed by atoms with E-state index in [1.54, 1.807) is 7.11 Å². The van der Waals surface area contributed by atoms with Gasteiger partial charge in [-0.2, -0.15) is 11.8 Å². The summed E-state index contributed by atoms with van der Waals surface area (Å²) in [5.74, 6) is 2.16. The second-order valence-corrected chi connectivity index (χ2v) is 5.09. The molecule has 0 bridgehead atoms. The van der Waals surface area contributed by atoms with Crippen LogP contribution < -0.4 is 10.2 Å². The molecule has 1 heterocycles. The molecule has 0 saturated heterocycles. The van der Waals surface area contributed by atoms with E-state index in [-0.39, 0.29) is 0 Å². The number of ether oxygens (including phenoxy) is 1. The van der Waals surface area contributed by atoms with Crippen molar-refractivity contribution in [2.45, 2.75) is 6.54 Å². The number of aromatic nitrogens is 1. The van der Waals surface area contributed by atoms with E-state index in [2.05, 4.69) is 40.6 Å². The van der Waals surface area contributed by atoms with Crippen LogP contribution in [0.1, 0.15) is 5.56 Å². The molecular weight excluding hydrogens is 246 g/mol. The van der Waals surface area contributed by atoms with Gasteiger partial charge in [-0.1, -0.05) is 6.07 Å². The molecule has 1 aromatic heterocycles. The van der Waals surface area contributed by atoms with Crippen molar-refractivity contribution in [3.05, 3.63) is 23.9 Å². The topological polar surface area (TPSA) is 37.4 Å². The second-order valence-electron chi connectivity index (χ2n) is 4.11. The Labute approximate surface area is 114 Å². The zero-order chi connectivity index (χ0) is 13.2. The lowest BCUT2D eigenvalue weighted by molar-refractivity contribution is 0.199. The van der Waals surface area contributed by atoms with Crippen LogP contribution in [0.5, 0.6) is 0 Å². The first-order chi connectivity index (χ1) is 8.77. The van der Waals surface area contributed by atoms with Crippen molar-refractivity contribution in [3.63, 3.8) is 0 Å². The summed E-state index contributed by atoms with van der Waals surface area (Å²) in [6.07, 6.45) is 4.06. The summed E-state index contributed by atoms with van der Waals surface area (Å²) in [5.41, 5.74) is 1.20. The largest absolute Gasteiger partial charge is 0.383 e. The number of pyridine rings is 1. The molecule has 0 aromatic carbocycles. The van der Waals surface area contributed by atoms with Gasteiger partial charge in [-0.3, -0.25) is 0 Å². The summed E-state index contributed by atoms with van der Waals surface area (Å²) >= 11 is 1.85. The highest BCUT2D eigenvalue weighted by atomic mass is 32.2. The van der Waals surface area contributed by atoms with Crippen molar-refractivity contribution >= 4 is 17.6 Å². The number of nitrogens with one attached hydrogen (secondary N) is 1. The van der Waals surface area contributed by atoms with E-state index in [0.29, 0.717) is 0 Å². The molecule has 0 saturated carbocycles. The van der Waals surface area contributed by atoms with E-state index in [1.807, 2.05) is 18.0 Å². The van der Waals surface area contributed by atoms with E-state index in [4.69, 9.17) is 4.74 Å². The highest BCUT2D eigenvalue weighted by Gasteiger charge is 2.01. The number of rotatable bonds is 9. The Morgan fingerprint density at radius 2 is 2.28 bits per heavy atom. The lowest BCUT2D eigenvalue weighted by Gasteiger charge is -2.17. The van der Waals surface area contributed by atoms with Crippen molar-refractivity contribution in [2.24, 2.45) is 0 Å². The van der Waals surface area contributed by atoms with E-state index >= 15 is 0 Å². The van der Waals surface area contributed by atoms with E-state index in [0.717, 1.165) is 37.8 Å². The fourth-order valence-electron chi connectivity index (χ4n) is 1.50. The quantitative estimate of drug-likeness (QED) is 0.690. The van der Waals surface area contributed by atoms with Crippen LogP contribution in [0.15, 0.2) is 18.3 Å². The minimum Gasteiger partial charge on any atom is -0.383 e. The van der Waals surface area contributed by atoms with Crippen LogP contribution in [0.25, 0.3) is 0 Å². The van der Waals surface area contributed by atoms with Gasteiger partial charge >= 0.3 is 0 Å². The number of hydrogen-bond acceptors (Lipinski definition) is 5. The van der Waals surface area contributed by atoms with Gasteiger partial charge < -0.3 is 15.0 Å². The van der Waals surface area contributed by atoms with E-state index in [1.165, 1.54) is 5.56 Å². The Bertz CT molecular complexity index is 319. The molecule has 1 aromatic rings. The molecule has 0 aliphatic rings. The zero-order valence-electron chi connectivity index (χ0n) is 11.5. The monoisotopic (exact) mass is 269 g/mol. The third-order valence-corrected chi connectivity index (χ3v) is 3.23. The molecule has 0 aliphatic carbocycles. The molecule has 0 radical (unpaired) electrons. The second kappa shape index (κ2) is 9.19. The van der Waals surface area contributed by atoms with Crippen LogP contribution in [0.3, 0.4) is 0 Å². The van der Waals surface area contributed by atoms with Crippen LogP contribution in [0.2, 0.25) is 0 Å². The fourth-order valence-corrected chi connectivity index (χ4v) is 1.95. The molecule has 5 heteroatoms. The Morgan fingerprint density at radius 3 is 2.89 bits per heavy atom. The number of methoxy groups -OCH3 is 1. The molecule has 0 atom stereocenters. The first-order valence-electron chi connectivity index (χ1n) is 6.12. The summed E-state index contributed by atoms with van der Waals surface area (Å²) in [6, 6.07) is 4.20. The normalized spacial score (nSPS) is 10.6. The highest BCUT2D eigenvalue weighted by Crippen LogP contribution is 2.10. The number of nitrogens with zero attached hydrogens (tertiary/aromatic N) is 2. The van der Waals surface area contributed by atoms with Crippen LogP contribution >= 0.6 is 11.8 Å². The van der Waals surface area contributed by atoms with Crippen molar-refractivity contribution in [2.75, 3.05) is 50.8 Å². The van der Waals surface area contributed by atoms with Crippen molar-refractivity contribution in [1.82, 2.24) is 10.3 Å². The Kier molecular flexibility index (Phi) is 7.80. The Morgan fingerprint density at radius 1 is 1.44 bits per heavy atom. The minimum absolute atomic E-state index is 0.739. The van der Waals surface area contributed by atoms with Gasteiger partial charge in [0.1, 0.15) is 5.82 Å². The van der Waals surface area contributed by atoms with Crippen molar-refractivity contribution in [3.8, 4) is 0 Å². The molecule has 4 nitrogen and oxygen atoms in total. The van der Waals surface area contributed by atoms with Gasteiger partial charge in [0, 0.05) is 45.7 Å². The van der Waals surface area contributed by atoms with Crippen molar-refractivity contribution < 1.29 is 4.74 Å². The molecule has 1 rings (SSSR count). The standard InChI is InChI=1S/C13H23N3OS/c1-16(7-9-18-3)13-5-4-12(11-15-13)10-14-6-8-17-2/h4-5,11,14H,6-10H2,1-3H3. The van der Waals surface area contributed by atoms with Gasteiger partial charge in [0.25, 0.3) is 0 Å². The summed E-state index contributed by atoms with van der Waals surface area (Å²) < 4.78 is 4.98. The average Bonchev–Trinajstić information content (AvgIpc) is 2.41. The highest BCUT2D eigenvalue weighted by molar-refractivity contribution is 7.98. The fraction of sp³-hybridized carbons (Fsp3) is 0.615. The Balaban J connectivity index is 2.37. The predicted octanol–water partition coefficient (Wildman–Crippen LogP) is 1.62. The van der Waals surface area contributed by atoms with Crippen LogP contribution in [0.4, 0.5) is 5.82 Å². The predicted molar refractivity (Wildman–Crippen MR) is 79.5 cm³/mol. The van der Waals surface area contributed by atoms with Gasteiger partial charge in [0.15, 0.2) is 0 Å². The van der Waals surface area contributed by atoms with Gasteiger partial charge in [0.05, 0.1) is 6.61 Å². The zero-order valence-corrected chi connectivity index (χ0v) is 12.3. The maximum absolute atomic E-state index is 4.98. The minimum atomic E-state index is 0.739. The van der Waals surface area contributed by atoms with Crippen LogP contribution in [-0.2, 0) is 11.3 Å². The number of anilines is 1. The molecule has 0 amide bonds. The molecule has 1 N–H and O–H groups in total. The smallest absolute Gasteiger partial charge is 0.128 e. The van der Waals surface area contributed by atoms with Crippen LogP contribution in [-0.4, -0.2) is 50.8 Å². The molecule has 0 unspecified atom stereocenters. The summed E-state index contributed by atoms with van der Waals surface area (Å²) in [5, 5.41) is 3.30. The van der Waals surface area contributed by atoms with Crippen molar-refractivity contribution in [1.29, 1.82) is 0 Å². The van der Waals surface area contributed by atoms with Gasteiger partial charge in [-0.25, -0.2) is 4.98 Å². The molecule has 0 aliphatic heterocycles. The molecular formula is C13H23N3OS. The first kappa shape index (κ1) is 15.3. The van der Waals surface area contributed by atoms with Gasteiger partial charge in [-0.15, -0.1) is 0 Å². The SMILES string of the molecule is COCCNCc1ccc(N(C)CCSC)nc1. The summed E-state index contributed by atoms with van der Waals surface area (Å²) in [7, 11) is 3.79. The third kappa shape index (κ3) is 5.71. The molecule has 0 spiro atoms. The van der Waals surface area contributed by atoms with E-state index < -0.39 is 0 Å².